The van der Waals surface area contributed by atoms with Crippen molar-refractivity contribution in [3.8, 4) is 6.07 Å². The second kappa shape index (κ2) is 5.12. The molecule has 0 atom stereocenters. The largest absolute Gasteiger partial charge is 0.382 e. The van der Waals surface area contributed by atoms with Crippen LogP contribution < -0.4 is 0 Å². The zero-order valence-electron chi connectivity index (χ0n) is 9.97. The molecule has 0 aromatic heterocycles. The van der Waals surface area contributed by atoms with Gasteiger partial charge in [0.2, 0.25) is 0 Å². The van der Waals surface area contributed by atoms with Crippen LogP contribution >= 0.6 is 0 Å². The molecule has 0 radical (unpaired) electrons. The second-order valence-corrected chi connectivity index (χ2v) is 3.87. The van der Waals surface area contributed by atoms with Gasteiger partial charge >= 0.3 is 0 Å². The lowest BCUT2D eigenvalue weighted by Gasteiger charge is -2.08. The Hall–Kier alpha value is -2.35. The van der Waals surface area contributed by atoms with Gasteiger partial charge in [0, 0.05) is 32.4 Å². The molecule has 0 unspecified atom stereocenters. The van der Waals surface area contributed by atoms with E-state index in [1.54, 1.807) is 24.1 Å². The van der Waals surface area contributed by atoms with Gasteiger partial charge in [0.05, 0.1) is 10.5 Å². The summed E-state index contributed by atoms with van der Waals surface area (Å²) in [5.41, 5.74) is 1.96. The standard InChI is InChI=1S/C12H13N3O2/c1-9-6-11(15(16)17)4-5-12(9)10(7-13)8-14(2)3/h4-6,8H,1-3H3. The van der Waals surface area contributed by atoms with Crippen molar-refractivity contribution in [3.63, 3.8) is 0 Å². The molecule has 0 saturated carbocycles. The first kappa shape index (κ1) is 12.7. The Labute approximate surface area is 99.7 Å². The van der Waals surface area contributed by atoms with Gasteiger partial charge in [-0.15, -0.1) is 0 Å². The van der Waals surface area contributed by atoms with E-state index in [0.717, 1.165) is 0 Å². The molecule has 1 aromatic rings. The number of benzene rings is 1. The highest BCUT2D eigenvalue weighted by Crippen LogP contribution is 2.23. The van der Waals surface area contributed by atoms with Crippen molar-refractivity contribution >= 4 is 11.3 Å². The Morgan fingerprint density at radius 3 is 2.59 bits per heavy atom. The zero-order chi connectivity index (χ0) is 13.0. The van der Waals surface area contributed by atoms with E-state index in [1.165, 1.54) is 12.1 Å². The SMILES string of the molecule is Cc1cc([N+](=O)[O-])ccc1C(C#N)=CN(C)C. The maximum atomic E-state index is 10.6. The highest BCUT2D eigenvalue weighted by Gasteiger charge is 2.10. The number of nitro groups is 1. The molecule has 0 N–H and O–H groups in total. The predicted octanol–water partition coefficient (Wildman–Crippen LogP) is 2.33. The molecular weight excluding hydrogens is 218 g/mol. The van der Waals surface area contributed by atoms with E-state index in [9.17, 15) is 10.1 Å². The van der Waals surface area contributed by atoms with E-state index in [-0.39, 0.29) is 5.69 Å². The molecule has 0 bridgehead atoms. The molecule has 0 aliphatic heterocycles. The minimum Gasteiger partial charge on any atom is -0.382 e. The van der Waals surface area contributed by atoms with Gasteiger partial charge in [-0.2, -0.15) is 5.26 Å². The van der Waals surface area contributed by atoms with E-state index in [2.05, 4.69) is 6.07 Å². The third kappa shape index (κ3) is 3.05. The first-order valence-corrected chi connectivity index (χ1v) is 4.99. The van der Waals surface area contributed by atoms with Crippen LogP contribution in [0.5, 0.6) is 0 Å². The second-order valence-electron chi connectivity index (χ2n) is 3.87. The molecular formula is C12H13N3O2. The van der Waals surface area contributed by atoms with E-state index < -0.39 is 4.92 Å². The fourth-order valence-electron chi connectivity index (χ4n) is 1.48. The van der Waals surface area contributed by atoms with Crippen molar-refractivity contribution in [2.24, 2.45) is 0 Å². The molecule has 5 heteroatoms. The van der Waals surface area contributed by atoms with Gasteiger partial charge in [-0.3, -0.25) is 10.1 Å². The minimum atomic E-state index is -0.446. The monoisotopic (exact) mass is 231 g/mol. The highest BCUT2D eigenvalue weighted by atomic mass is 16.6. The van der Waals surface area contributed by atoms with Crippen LogP contribution in [0, 0.1) is 28.4 Å². The molecule has 88 valence electrons. The van der Waals surface area contributed by atoms with Gasteiger partial charge in [0.25, 0.3) is 5.69 Å². The lowest BCUT2D eigenvalue weighted by molar-refractivity contribution is -0.384. The number of hydrogen-bond acceptors (Lipinski definition) is 4. The van der Waals surface area contributed by atoms with Crippen LogP contribution in [0.3, 0.4) is 0 Å². The molecule has 0 aliphatic carbocycles. The summed E-state index contributed by atoms with van der Waals surface area (Å²) in [7, 11) is 3.64. The van der Waals surface area contributed by atoms with Gasteiger partial charge in [-0.05, 0) is 24.1 Å². The van der Waals surface area contributed by atoms with E-state index >= 15 is 0 Å². The number of aryl methyl sites for hydroxylation is 1. The average Bonchev–Trinajstić information content (AvgIpc) is 2.25. The van der Waals surface area contributed by atoms with Crippen molar-refractivity contribution < 1.29 is 4.92 Å². The Morgan fingerprint density at radius 2 is 2.18 bits per heavy atom. The van der Waals surface area contributed by atoms with E-state index in [0.29, 0.717) is 16.7 Å². The lowest BCUT2D eigenvalue weighted by atomic mass is 10.0. The summed E-state index contributed by atoms with van der Waals surface area (Å²) in [4.78, 5) is 11.9. The molecule has 0 spiro atoms. The van der Waals surface area contributed by atoms with Crippen LogP contribution in [-0.2, 0) is 0 Å². The molecule has 0 amide bonds. The fourth-order valence-corrected chi connectivity index (χ4v) is 1.48. The third-order valence-corrected chi connectivity index (χ3v) is 2.22. The van der Waals surface area contributed by atoms with E-state index in [4.69, 9.17) is 5.26 Å². The molecule has 1 rings (SSSR count). The summed E-state index contributed by atoms with van der Waals surface area (Å²) in [5, 5.41) is 19.7. The maximum absolute atomic E-state index is 10.6. The number of nitriles is 1. The Balaban J connectivity index is 3.25. The van der Waals surface area contributed by atoms with Crippen molar-refractivity contribution in [1.29, 1.82) is 5.26 Å². The van der Waals surface area contributed by atoms with Crippen LogP contribution in [-0.4, -0.2) is 23.9 Å². The molecule has 0 fully saturated rings. The molecule has 0 aliphatic rings. The third-order valence-electron chi connectivity index (χ3n) is 2.22. The lowest BCUT2D eigenvalue weighted by Crippen LogP contribution is -2.03. The summed E-state index contributed by atoms with van der Waals surface area (Å²) in [6.07, 6.45) is 1.69. The highest BCUT2D eigenvalue weighted by molar-refractivity contribution is 5.78. The van der Waals surface area contributed by atoms with Gasteiger partial charge in [-0.1, -0.05) is 0 Å². The Morgan fingerprint density at radius 1 is 1.53 bits per heavy atom. The van der Waals surface area contributed by atoms with Crippen molar-refractivity contribution in [1.82, 2.24) is 4.90 Å². The van der Waals surface area contributed by atoms with Gasteiger partial charge < -0.3 is 4.90 Å². The minimum absolute atomic E-state index is 0.0355. The number of hydrogen-bond donors (Lipinski definition) is 0. The first-order valence-electron chi connectivity index (χ1n) is 4.99. The molecule has 1 aromatic carbocycles. The number of allylic oxidation sites excluding steroid dienone is 1. The molecule has 0 heterocycles. The summed E-state index contributed by atoms with van der Waals surface area (Å²) in [6, 6.07) is 6.57. The van der Waals surface area contributed by atoms with Crippen LogP contribution in [0.4, 0.5) is 5.69 Å². The van der Waals surface area contributed by atoms with Gasteiger partial charge in [-0.25, -0.2) is 0 Å². The first-order chi connectivity index (χ1) is 7.95. The number of non-ortho nitro benzene ring substituents is 1. The van der Waals surface area contributed by atoms with E-state index in [1.807, 2.05) is 14.1 Å². The van der Waals surface area contributed by atoms with Crippen molar-refractivity contribution in [2.75, 3.05) is 14.1 Å². The van der Waals surface area contributed by atoms with Crippen LogP contribution in [0.2, 0.25) is 0 Å². The van der Waals surface area contributed by atoms with Crippen LogP contribution in [0.15, 0.2) is 24.4 Å². The van der Waals surface area contributed by atoms with Crippen LogP contribution in [0.1, 0.15) is 11.1 Å². The van der Waals surface area contributed by atoms with Gasteiger partial charge in [0.15, 0.2) is 0 Å². The quantitative estimate of drug-likeness (QED) is 0.454. The predicted molar refractivity (Wildman–Crippen MR) is 65.1 cm³/mol. The Bertz CT molecular complexity index is 513. The maximum Gasteiger partial charge on any atom is 0.269 e. The zero-order valence-corrected chi connectivity index (χ0v) is 9.97. The summed E-state index contributed by atoms with van der Waals surface area (Å²) in [6.45, 7) is 1.75. The molecule has 5 nitrogen and oxygen atoms in total. The Kier molecular flexibility index (Phi) is 3.83. The smallest absolute Gasteiger partial charge is 0.269 e. The average molecular weight is 231 g/mol. The summed E-state index contributed by atoms with van der Waals surface area (Å²) in [5.74, 6) is 0. The number of nitrogens with zero attached hydrogens (tertiary/aromatic N) is 3. The normalized spacial score (nSPS) is 10.8. The molecule has 17 heavy (non-hydrogen) atoms. The topological polar surface area (TPSA) is 70.2 Å². The summed E-state index contributed by atoms with van der Waals surface area (Å²) < 4.78 is 0. The summed E-state index contributed by atoms with van der Waals surface area (Å²) >= 11 is 0. The van der Waals surface area contributed by atoms with Gasteiger partial charge in [0.1, 0.15) is 6.07 Å². The number of rotatable bonds is 3. The fraction of sp³-hybridized carbons (Fsp3) is 0.250. The van der Waals surface area contributed by atoms with Crippen molar-refractivity contribution in [2.45, 2.75) is 6.92 Å². The van der Waals surface area contributed by atoms with Crippen LogP contribution in [0.25, 0.3) is 5.57 Å². The number of nitro benzene ring substituents is 1. The van der Waals surface area contributed by atoms with Crippen molar-refractivity contribution in [3.05, 3.63) is 45.6 Å². The molecule has 0 saturated heterocycles.